The number of hydrogen-bond acceptors (Lipinski definition) is 4. The van der Waals surface area contributed by atoms with E-state index in [0.717, 1.165) is 69.7 Å². The van der Waals surface area contributed by atoms with E-state index in [9.17, 15) is 9.59 Å². The number of ether oxygens (including phenoxy) is 1. The molecule has 0 aliphatic carbocycles. The molecule has 6 nitrogen and oxygen atoms in total. The van der Waals surface area contributed by atoms with Crippen molar-refractivity contribution in [3.8, 4) is 5.75 Å². The Balaban J connectivity index is 1.32. The molecular formula is C27H43N3O3. The van der Waals surface area contributed by atoms with Gasteiger partial charge in [-0.25, -0.2) is 0 Å². The first-order chi connectivity index (χ1) is 16.1. The third-order valence-electron chi connectivity index (χ3n) is 7.34. The number of nitrogens with one attached hydrogen (secondary N) is 1. The van der Waals surface area contributed by atoms with E-state index in [-0.39, 0.29) is 11.8 Å². The largest absolute Gasteiger partial charge is 0.497 e. The molecule has 1 aromatic rings. The van der Waals surface area contributed by atoms with Gasteiger partial charge in [-0.1, -0.05) is 39.0 Å². The van der Waals surface area contributed by atoms with Crippen LogP contribution < -0.4 is 10.1 Å². The van der Waals surface area contributed by atoms with E-state index in [0.29, 0.717) is 18.4 Å². The van der Waals surface area contributed by atoms with Crippen LogP contribution in [-0.4, -0.2) is 60.9 Å². The number of nitrogens with zero attached hydrogens (tertiary/aromatic N) is 2. The second kappa shape index (κ2) is 13.6. The molecule has 0 radical (unpaired) electrons. The summed E-state index contributed by atoms with van der Waals surface area (Å²) in [4.78, 5) is 29.8. The number of carbonyl (C=O) groups is 2. The average Bonchev–Trinajstić information content (AvgIpc) is 2.86. The first-order valence-electron chi connectivity index (χ1n) is 13.1. The number of piperidine rings is 2. The Labute approximate surface area is 200 Å². The fourth-order valence-corrected chi connectivity index (χ4v) is 5.14. The monoisotopic (exact) mass is 457 g/mol. The lowest BCUT2D eigenvalue weighted by molar-refractivity contribution is -0.133. The van der Waals surface area contributed by atoms with E-state index in [2.05, 4.69) is 22.0 Å². The maximum Gasteiger partial charge on any atom is 0.227 e. The quantitative estimate of drug-likeness (QED) is 0.470. The van der Waals surface area contributed by atoms with Crippen LogP contribution in [0.5, 0.6) is 5.75 Å². The smallest absolute Gasteiger partial charge is 0.227 e. The third kappa shape index (κ3) is 8.02. The Bertz CT molecular complexity index is 721. The number of benzene rings is 1. The number of likely N-dealkylation sites (tertiary alicyclic amines) is 2. The zero-order valence-electron chi connectivity index (χ0n) is 20.7. The zero-order valence-corrected chi connectivity index (χ0v) is 20.7. The maximum atomic E-state index is 12.7. The Kier molecular flexibility index (Phi) is 10.5. The van der Waals surface area contributed by atoms with Crippen LogP contribution in [0.4, 0.5) is 5.69 Å². The van der Waals surface area contributed by atoms with Crippen LogP contribution in [0.15, 0.2) is 24.3 Å². The highest BCUT2D eigenvalue weighted by molar-refractivity contribution is 5.92. The van der Waals surface area contributed by atoms with Crippen LogP contribution in [0.3, 0.4) is 0 Å². The Morgan fingerprint density at radius 1 is 0.909 bits per heavy atom. The average molecular weight is 458 g/mol. The van der Waals surface area contributed by atoms with E-state index in [1.165, 1.54) is 32.1 Å². The van der Waals surface area contributed by atoms with Crippen molar-refractivity contribution < 1.29 is 14.3 Å². The Hall–Kier alpha value is -2.08. The fourth-order valence-electron chi connectivity index (χ4n) is 5.14. The molecule has 0 aromatic heterocycles. The molecule has 1 N–H and O–H groups in total. The van der Waals surface area contributed by atoms with Crippen molar-refractivity contribution in [1.29, 1.82) is 0 Å². The van der Waals surface area contributed by atoms with E-state index in [1.807, 2.05) is 24.3 Å². The van der Waals surface area contributed by atoms with Gasteiger partial charge in [0.2, 0.25) is 11.8 Å². The second-order valence-electron chi connectivity index (χ2n) is 9.66. The van der Waals surface area contributed by atoms with Gasteiger partial charge < -0.3 is 19.9 Å². The molecule has 0 spiro atoms. The van der Waals surface area contributed by atoms with Gasteiger partial charge in [-0.05, 0) is 69.5 Å². The van der Waals surface area contributed by atoms with Crippen LogP contribution in [0, 0.1) is 5.92 Å². The standard InChI is InChI=1S/C27H43N3O3/c1-3-4-5-6-7-8-9-26(31)30-20-16-24(17-21-30)29-18-14-22(15-19-29)27(32)28-23-10-12-25(33-2)13-11-23/h10-13,22,24H,3-9,14-21H2,1-2H3,(H,28,32). The van der Waals surface area contributed by atoms with Crippen LogP contribution in [0.1, 0.15) is 77.6 Å². The van der Waals surface area contributed by atoms with E-state index in [4.69, 9.17) is 4.74 Å². The van der Waals surface area contributed by atoms with Crippen LogP contribution >= 0.6 is 0 Å². The molecule has 2 heterocycles. The van der Waals surface area contributed by atoms with Gasteiger partial charge in [0.1, 0.15) is 5.75 Å². The normalized spacial score (nSPS) is 18.3. The number of methoxy groups -OCH3 is 1. The van der Waals surface area contributed by atoms with Crippen LogP contribution in [0.2, 0.25) is 0 Å². The van der Waals surface area contributed by atoms with Gasteiger partial charge >= 0.3 is 0 Å². The topological polar surface area (TPSA) is 61.9 Å². The summed E-state index contributed by atoms with van der Waals surface area (Å²) in [5.41, 5.74) is 0.821. The van der Waals surface area contributed by atoms with Crippen molar-refractivity contribution in [2.24, 2.45) is 5.92 Å². The van der Waals surface area contributed by atoms with Gasteiger partial charge in [-0.3, -0.25) is 9.59 Å². The molecule has 184 valence electrons. The van der Waals surface area contributed by atoms with Gasteiger partial charge in [0.05, 0.1) is 7.11 Å². The van der Waals surface area contributed by atoms with Gasteiger partial charge in [-0.15, -0.1) is 0 Å². The van der Waals surface area contributed by atoms with Gasteiger partial charge in [-0.2, -0.15) is 0 Å². The Morgan fingerprint density at radius 2 is 1.55 bits per heavy atom. The summed E-state index contributed by atoms with van der Waals surface area (Å²) < 4.78 is 5.17. The zero-order chi connectivity index (χ0) is 23.5. The minimum absolute atomic E-state index is 0.0716. The molecule has 2 aliphatic rings. The van der Waals surface area contributed by atoms with Gasteiger partial charge in [0, 0.05) is 37.2 Å². The summed E-state index contributed by atoms with van der Waals surface area (Å²) in [6.07, 6.45) is 12.0. The van der Waals surface area contributed by atoms with Crippen LogP contribution in [-0.2, 0) is 9.59 Å². The molecule has 2 fully saturated rings. The van der Waals surface area contributed by atoms with E-state index < -0.39 is 0 Å². The molecule has 33 heavy (non-hydrogen) atoms. The summed E-state index contributed by atoms with van der Waals surface area (Å²) in [6, 6.07) is 8.04. The fraction of sp³-hybridized carbons (Fsp3) is 0.704. The molecule has 1 aromatic carbocycles. The van der Waals surface area contributed by atoms with Crippen molar-refractivity contribution in [3.05, 3.63) is 24.3 Å². The summed E-state index contributed by atoms with van der Waals surface area (Å²) in [5.74, 6) is 1.33. The molecule has 0 bridgehead atoms. The first-order valence-corrected chi connectivity index (χ1v) is 13.1. The highest BCUT2D eigenvalue weighted by atomic mass is 16.5. The lowest BCUT2D eigenvalue weighted by atomic mass is 9.92. The second-order valence-corrected chi connectivity index (χ2v) is 9.66. The molecule has 0 atom stereocenters. The molecule has 2 aliphatic heterocycles. The maximum absolute atomic E-state index is 12.7. The van der Waals surface area contributed by atoms with Crippen molar-refractivity contribution in [2.45, 2.75) is 83.6 Å². The highest BCUT2D eigenvalue weighted by Crippen LogP contribution is 2.26. The summed E-state index contributed by atoms with van der Waals surface area (Å²) in [7, 11) is 1.64. The number of amides is 2. The minimum Gasteiger partial charge on any atom is -0.497 e. The molecule has 6 heteroatoms. The van der Waals surface area contributed by atoms with E-state index >= 15 is 0 Å². The Morgan fingerprint density at radius 3 is 2.18 bits per heavy atom. The van der Waals surface area contributed by atoms with Crippen molar-refractivity contribution in [3.63, 3.8) is 0 Å². The van der Waals surface area contributed by atoms with E-state index in [1.54, 1.807) is 7.11 Å². The molecule has 2 saturated heterocycles. The van der Waals surface area contributed by atoms with Gasteiger partial charge in [0.25, 0.3) is 0 Å². The highest BCUT2D eigenvalue weighted by Gasteiger charge is 2.31. The predicted octanol–water partition coefficient (Wildman–Crippen LogP) is 5.09. The third-order valence-corrected chi connectivity index (χ3v) is 7.34. The summed E-state index contributed by atoms with van der Waals surface area (Å²) >= 11 is 0. The molecular weight excluding hydrogens is 414 g/mol. The number of unbranched alkanes of at least 4 members (excludes halogenated alkanes) is 5. The van der Waals surface area contributed by atoms with Crippen molar-refractivity contribution in [1.82, 2.24) is 9.80 Å². The predicted molar refractivity (Wildman–Crippen MR) is 134 cm³/mol. The summed E-state index contributed by atoms with van der Waals surface area (Å²) in [6.45, 7) is 5.94. The first kappa shape index (κ1) is 25.5. The molecule has 2 amide bonds. The van der Waals surface area contributed by atoms with Crippen molar-refractivity contribution >= 4 is 17.5 Å². The lowest BCUT2D eigenvalue weighted by Gasteiger charge is -2.41. The minimum atomic E-state index is 0.0716. The number of carbonyl (C=O) groups excluding carboxylic acids is 2. The summed E-state index contributed by atoms with van der Waals surface area (Å²) in [5, 5.41) is 3.05. The lowest BCUT2D eigenvalue weighted by Crippen LogP contribution is -2.49. The number of anilines is 1. The molecule has 0 unspecified atom stereocenters. The number of rotatable bonds is 11. The number of hydrogen-bond donors (Lipinski definition) is 1. The molecule has 3 rings (SSSR count). The van der Waals surface area contributed by atoms with Crippen molar-refractivity contribution in [2.75, 3.05) is 38.6 Å². The SMILES string of the molecule is CCCCCCCCC(=O)N1CCC(N2CCC(C(=O)Nc3ccc(OC)cc3)CC2)CC1. The van der Waals surface area contributed by atoms with Gasteiger partial charge in [0.15, 0.2) is 0 Å². The molecule has 0 saturated carbocycles. The van der Waals surface area contributed by atoms with Crippen LogP contribution in [0.25, 0.3) is 0 Å².